The summed E-state index contributed by atoms with van der Waals surface area (Å²) in [5.41, 5.74) is 3.32. The third kappa shape index (κ3) is 4.95. The average Bonchev–Trinajstić information content (AvgIpc) is 3.65. The summed E-state index contributed by atoms with van der Waals surface area (Å²) in [7, 11) is 0. The molecule has 7 heteroatoms. The van der Waals surface area contributed by atoms with E-state index in [9.17, 15) is 14.7 Å². The van der Waals surface area contributed by atoms with E-state index in [1.165, 1.54) is 6.07 Å². The van der Waals surface area contributed by atoms with E-state index in [2.05, 4.69) is 18.7 Å². The molecule has 186 valence electrons. The summed E-state index contributed by atoms with van der Waals surface area (Å²) in [5, 5.41) is 9.17. The van der Waals surface area contributed by atoms with Gasteiger partial charge in [0.2, 0.25) is 0 Å². The maximum atomic E-state index is 15.1. The molecule has 1 amide bonds. The molecule has 0 saturated heterocycles. The van der Waals surface area contributed by atoms with E-state index in [-0.39, 0.29) is 23.7 Å². The van der Waals surface area contributed by atoms with Crippen molar-refractivity contribution < 1.29 is 19.1 Å². The molecule has 1 fully saturated rings. The van der Waals surface area contributed by atoms with Crippen LogP contribution in [0, 0.1) is 11.7 Å². The Kier molecular flexibility index (Phi) is 7.24. The minimum Gasteiger partial charge on any atom is -0.481 e. The van der Waals surface area contributed by atoms with Gasteiger partial charge in [0.15, 0.2) is 0 Å². The Morgan fingerprint density at radius 3 is 2.63 bits per heavy atom. The fraction of sp³-hybridized carbons (Fsp3) is 0.464. The SMILES string of the molecule is CCCC(C)N(CC)C(=O)C1=NC2=CC(c3ccc(C4C[C@H]4C(=O)O)cc3F)=CCN2C(CC)=C1. The highest BCUT2D eigenvalue weighted by atomic mass is 19.1. The Morgan fingerprint density at radius 2 is 2.03 bits per heavy atom. The highest BCUT2D eigenvalue weighted by Crippen LogP contribution is 2.48. The van der Waals surface area contributed by atoms with Gasteiger partial charge in [-0.25, -0.2) is 9.38 Å². The fourth-order valence-corrected chi connectivity index (χ4v) is 5.11. The Labute approximate surface area is 206 Å². The number of benzene rings is 1. The number of rotatable bonds is 9. The molecule has 0 spiro atoms. The van der Waals surface area contributed by atoms with Gasteiger partial charge in [-0.1, -0.05) is 38.5 Å². The summed E-state index contributed by atoms with van der Waals surface area (Å²) in [5.74, 6) is -1.17. The molecule has 0 bridgehead atoms. The number of hydrogen-bond donors (Lipinski definition) is 1. The summed E-state index contributed by atoms with van der Waals surface area (Å²) in [6, 6.07) is 5.13. The molecule has 1 N–H and O–H groups in total. The lowest BCUT2D eigenvalue weighted by Gasteiger charge is -2.34. The summed E-state index contributed by atoms with van der Waals surface area (Å²) < 4.78 is 15.1. The molecule has 3 atom stereocenters. The van der Waals surface area contributed by atoms with Gasteiger partial charge < -0.3 is 14.9 Å². The molecule has 1 aromatic rings. The summed E-state index contributed by atoms with van der Waals surface area (Å²) in [6.07, 6.45) is 8.92. The number of fused-ring (bicyclic) bond motifs is 1. The molecule has 1 aliphatic carbocycles. The van der Waals surface area contributed by atoms with E-state index in [1.807, 2.05) is 43.0 Å². The van der Waals surface area contributed by atoms with Crippen LogP contribution in [-0.4, -0.2) is 51.6 Å². The van der Waals surface area contributed by atoms with Gasteiger partial charge in [-0.05, 0) is 68.4 Å². The normalized spacial score (nSPS) is 21.8. The number of aliphatic carboxylic acids is 1. The fourth-order valence-electron chi connectivity index (χ4n) is 5.11. The number of nitrogens with zero attached hydrogens (tertiary/aromatic N) is 3. The van der Waals surface area contributed by atoms with Crippen molar-refractivity contribution in [1.82, 2.24) is 9.80 Å². The van der Waals surface area contributed by atoms with Crippen LogP contribution in [-0.2, 0) is 9.59 Å². The first-order chi connectivity index (χ1) is 16.8. The lowest BCUT2D eigenvalue weighted by atomic mass is 9.98. The molecule has 1 saturated carbocycles. The molecule has 2 heterocycles. The smallest absolute Gasteiger partial charge is 0.307 e. The molecule has 6 nitrogen and oxygen atoms in total. The van der Waals surface area contributed by atoms with Crippen molar-refractivity contribution in [2.45, 2.75) is 65.3 Å². The van der Waals surface area contributed by atoms with E-state index in [1.54, 1.807) is 6.07 Å². The lowest BCUT2D eigenvalue weighted by Crippen LogP contribution is -2.43. The van der Waals surface area contributed by atoms with Crippen LogP contribution < -0.4 is 0 Å². The predicted octanol–water partition coefficient (Wildman–Crippen LogP) is 5.34. The largest absolute Gasteiger partial charge is 0.481 e. The zero-order valence-electron chi connectivity index (χ0n) is 20.9. The second-order valence-corrected chi connectivity index (χ2v) is 9.51. The van der Waals surface area contributed by atoms with Crippen LogP contribution in [0.3, 0.4) is 0 Å². The van der Waals surface area contributed by atoms with Crippen molar-refractivity contribution in [1.29, 1.82) is 0 Å². The van der Waals surface area contributed by atoms with E-state index < -0.39 is 11.9 Å². The summed E-state index contributed by atoms with van der Waals surface area (Å²) >= 11 is 0. The quantitative estimate of drug-likeness (QED) is 0.519. The first-order valence-electron chi connectivity index (χ1n) is 12.6. The van der Waals surface area contributed by atoms with Gasteiger partial charge in [-0.15, -0.1) is 0 Å². The molecule has 0 radical (unpaired) electrons. The zero-order chi connectivity index (χ0) is 25.3. The van der Waals surface area contributed by atoms with E-state index in [0.717, 1.165) is 30.5 Å². The number of allylic oxidation sites excluding steroid dienone is 3. The number of carboxylic acids is 1. The van der Waals surface area contributed by atoms with Crippen molar-refractivity contribution >= 4 is 23.2 Å². The second kappa shape index (κ2) is 10.2. The number of carboxylic acid groups (broad SMARTS) is 1. The molecular weight excluding hydrogens is 445 g/mol. The van der Waals surface area contributed by atoms with Crippen LogP contribution in [0.25, 0.3) is 5.57 Å². The highest BCUT2D eigenvalue weighted by molar-refractivity contribution is 6.43. The number of amides is 1. The van der Waals surface area contributed by atoms with Gasteiger partial charge in [-0.3, -0.25) is 9.59 Å². The molecular formula is C28H34FN3O3. The second-order valence-electron chi connectivity index (χ2n) is 9.51. The maximum absolute atomic E-state index is 15.1. The standard InChI is InChI=1S/C28H34FN3O3/c1-5-8-17(4)31(7-3)27(33)25-15-20(6-2)32-12-11-19(14-26(32)30-25)21-10-9-18(13-24(21)29)22-16-23(22)28(34)35/h9-11,13-15,17,22-23H,5-8,12,16H2,1-4H3,(H,34,35)/t17?,22?,23-/m1/s1. The van der Waals surface area contributed by atoms with Crippen molar-refractivity contribution in [2.75, 3.05) is 13.1 Å². The van der Waals surface area contributed by atoms with Crippen LogP contribution in [0.1, 0.15) is 70.4 Å². The number of hydrogen-bond acceptors (Lipinski definition) is 4. The third-order valence-electron chi connectivity index (χ3n) is 7.20. The van der Waals surface area contributed by atoms with Gasteiger partial charge in [0.25, 0.3) is 5.91 Å². The Hall–Kier alpha value is -3.22. The molecule has 2 unspecified atom stereocenters. The van der Waals surface area contributed by atoms with Crippen molar-refractivity contribution in [3.05, 3.63) is 64.9 Å². The van der Waals surface area contributed by atoms with Crippen LogP contribution in [0.5, 0.6) is 0 Å². The first kappa shape index (κ1) is 24.9. The van der Waals surface area contributed by atoms with E-state index in [0.29, 0.717) is 42.2 Å². The van der Waals surface area contributed by atoms with Gasteiger partial charge in [0.1, 0.15) is 17.3 Å². The predicted molar refractivity (Wildman–Crippen MR) is 135 cm³/mol. The molecule has 35 heavy (non-hydrogen) atoms. The number of carbonyl (C=O) groups excluding carboxylic acids is 1. The summed E-state index contributed by atoms with van der Waals surface area (Å²) in [6.45, 7) is 9.37. The molecule has 3 aliphatic rings. The van der Waals surface area contributed by atoms with Gasteiger partial charge in [-0.2, -0.15) is 0 Å². The van der Waals surface area contributed by atoms with Gasteiger partial charge in [0.05, 0.1) is 5.92 Å². The van der Waals surface area contributed by atoms with Crippen molar-refractivity contribution in [3.8, 4) is 0 Å². The minimum atomic E-state index is -0.828. The Bertz CT molecular complexity index is 1150. The van der Waals surface area contributed by atoms with Crippen molar-refractivity contribution in [2.24, 2.45) is 10.9 Å². The van der Waals surface area contributed by atoms with E-state index >= 15 is 4.39 Å². The number of halogens is 1. The first-order valence-corrected chi connectivity index (χ1v) is 12.6. The van der Waals surface area contributed by atoms with Crippen LogP contribution in [0.15, 0.2) is 52.9 Å². The number of aliphatic imine (C=N–C) groups is 1. The average molecular weight is 480 g/mol. The lowest BCUT2D eigenvalue weighted by molar-refractivity contribution is -0.138. The van der Waals surface area contributed by atoms with Crippen molar-refractivity contribution in [3.63, 3.8) is 0 Å². The minimum absolute atomic E-state index is 0.0796. The Morgan fingerprint density at radius 1 is 1.26 bits per heavy atom. The monoisotopic (exact) mass is 479 g/mol. The van der Waals surface area contributed by atoms with Gasteiger partial charge >= 0.3 is 5.97 Å². The van der Waals surface area contributed by atoms with Crippen LogP contribution in [0.4, 0.5) is 4.39 Å². The zero-order valence-corrected chi connectivity index (χ0v) is 20.9. The highest BCUT2D eigenvalue weighted by Gasteiger charge is 2.44. The Balaban J connectivity index is 1.61. The molecule has 2 aliphatic heterocycles. The topological polar surface area (TPSA) is 73.2 Å². The molecule has 0 aromatic heterocycles. The van der Waals surface area contributed by atoms with Crippen LogP contribution in [0.2, 0.25) is 0 Å². The summed E-state index contributed by atoms with van der Waals surface area (Å²) in [4.78, 5) is 33.2. The van der Waals surface area contributed by atoms with E-state index in [4.69, 9.17) is 4.99 Å². The molecule has 4 rings (SSSR count). The van der Waals surface area contributed by atoms with Crippen LogP contribution >= 0.6 is 0 Å². The maximum Gasteiger partial charge on any atom is 0.307 e. The van der Waals surface area contributed by atoms with Gasteiger partial charge in [0, 0.05) is 30.4 Å². The third-order valence-corrected chi connectivity index (χ3v) is 7.20. The molecule has 1 aromatic carbocycles. The number of carbonyl (C=O) groups is 2.